The number of ether oxygens (including phenoxy) is 2. The van der Waals surface area contributed by atoms with Gasteiger partial charge in [0.2, 0.25) is 5.78 Å². The summed E-state index contributed by atoms with van der Waals surface area (Å²) in [5, 5.41) is 1.04. The van der Waals surface area contributed by atoms with Crippen LogP contribution in [0.15, 0.2) is 42.5 Å². The summed E-state index contributed by atoms with van der Waals surface area (Å²) in [6, 6.07) is 10.9. The summed E-state index contributed by atoms with van der Waals surface area (Å²) < 4.78 is 24.3. The van der Waals surface area contributed by atoms with Crippen molar-refractivity contribution in [3.05, 3.63) is 63.7 Å². The van der Waals surface area contributed by atoms with Gasteiger partial charge in [-0.2, -0.15) is 0 Å². The van der Waals surface area contributed by atoms with Crippen LogP contribution in [0.25, 0.3) is 10.1 Å². The first-order valence-corrected chi connectivity index (χ1v) is 8.41. The summed E-state index contributed by atoms with van der Waals surface area (Å²) in [6.45, 7) is -0.538. The number of carbonyl (C=O) groups excluding carboxylic acids is 2. The molecule has 0 aliphatic rings. The van der Waals surface area contributed by atoms with Crippen LogP contribution in [-0.2, 0) is 4.74 Å². The molecule has 0 bridgehead atoms. The Hall–Kier alpha value is -2.44. The fourth-order valence-electron chi connectivity index (χ4n) is 2.32. The van der Waals surface area contributed by atoms with Crippen molar-refractivity contribution in [2.24, 2.45) is 0 Å². The molecule has 7 heteroatoms. The molecule has 0 atom stereocenters. The van der Waals surface area contributed by atoms with E-state index in [0.29, 0.717) is 5.02 Å². The Kier molecular flexibility index (Phi) is 5.01. The summed E-state index contributed by atoms with van der Waals surface area (Å²) >= 11 is 7.39. The van der Waals surface area contributed by atoms with E-state index in [1.165, 1.54) is 30.6 Å². The Morgan fingerprint density at radius 1 is 1.20 bits per heavy atom. The van der Waals surface area contributed by atoms with Gasteiger partial charge in [0.15, 0.2) is 6.61 Å². The Morgan fingerprint density at radius 2 is 1.96 bits per heavy atom. The minimum atomic E-state index is -0.699. The molecule has 0 fully saturated rings. The molecule has 4 nitrogen and oxygen atoms in total. The normalized spacial score (nSPS) is 10.7. The lowest BCUT2D eigenvalue weighted by Gasteiger charge is -2.08. The van der Waals surface area contributed by atoms with E-state index in [9.17, 15) is 14.0 Å². The van der Waals surface area contributed by atoms with Gasteiger partial charge in [-0.1, -0.05) is 29.8 Å². The monoisotopic (exact) mass is 378 g/mol. The quantitative estimate of drug-likeness (QED) is 0.475. The van der Waals surface area contributed by atoms with Gasteiger partial charge < -0.3 is 9.47 Å². The molecule has 0 amide bonds. The van der Waals surface area contributed by atoms with E-state index in [0.717, 1.165) is 16.2 Å². The third-order valence-corrected chi connectivity index (χ3v) is 5.17. The summed E-state index contributed by atoms with van der Waals surface area (Å²) in [5.41, 5.74) is 0.0118. The predicted octanol–water partition coefficient (Wildman–Crippen LogP) is 4.74. The minimum absolute atomic E-state index is 0.0118. The largest absolute Gasteiger partial charge is 0.496 e. The van der Waals surface area contributed by atoms with Crippen molar-refractivity contribution >= 4 is 44.8 Å². The molecule has 0 radical (unpaired) electrons. The smallest absolute Gasteiger partial charge is 0.350 e. The maximum Gasteiger partial charge on any atom is 0.350 e. The van der Waals surface area contributed by atoms with E-state index in [4.69, 9.17) is 21.1 Å². The number of benzene rings is 2. The number of halogens is 2. The van der Waals surface area contributed by atoms with Crippen LogP contribution in [0.4, 0.5) is 4.39 Å². The molecular formula is C18H12ClFO4S. The molecule has 0 unspecified atom stereocenters. The van der Waals surface area contributed by atoms with Gasteiger partial charge in [-0.25, -0.2) is 9.18 Å². The molecule has 1 aromatic heterocycles. The van der Waals surface area contributed by atoms with E-state index in [-0.39, 0.29) is 16.2 Å². The number of hydrogen-bond donors (Lipinski definition) is 0. The highest BCUT2D eigenvalue weighted by molar-refractivity contribution is 7.21. The molecule has 0 aliphatic heterocycles. The van der Waals surface area contributed by atoms with E-state index in [1.54, 1.807) is 6.07 Å². The maximum atomic E-state index is 13.3. The predicted molar refractivity (Wildman–Crippen MR) is 94.4 cm³/mol. The average Bonchev–Trinajstić information content (AvgIpc) is 2.96. The molecule has 0 saturated carbocycles. The van der Waals surface area contributed by atoms with Crippen LogP contribution in [0.3, 0.4) is 0 Å². The van der Waals surface area contributed by atoms with Gasteiger partial charge in [0, 0.05) is 10.1 Å². The van der Waals surface area contributed by atoms with Crippen LogP contribution < -0.4 is 4.74 Å². The topological polar surface area (TPSA) is 52.6 Å². The van der Waals surface area contributed by atoms with Gasteiger partial charge in [0.25, 0.3) is 0 Å². The fraction of sp³-hybridized carbons (Fsp3) is 0.111. The van der Waals surface area contributed by atoms with Crippen molar-refractivity contribution < 1.29 is 23.5 Å². The number of carbonyl (C=O) groups is 2. The highest BCUT2D eigenvalue weighted by Gasteiger charge is 2.21. The van der Waals surface area contributed by atoms with Crippen molar-refractivity contribution in [1.29, 1.82) is 0 Å². The summed E-state index contributed by atoms with van der Waals surface area (Å²) in [5.74, 6) is -1.64. The van der Waals surface area contributed by atoms with Crippen LogP contribution in [0.5, 0.6) is 5.75 Å². The van der Waals surface area contributed by atoms with Gasteiger partial charge in [0.05, 0.1) is 17.7 Å². The van der Waals surface area contributed by atoms with Gasteiger partial charge in [-0.05, 0) is 24.3 Å². The zero-order valence-corrected chi connectivity index (χ0v) is 14.6. The Morgan fingerprint density at radius 3 is 2.68 bits per heavy atom. The van der Waals surface area contributed by atoms with Crippen molar-refractivity contribution in [3.63, 3.8) is 0 Å². The molecule has 0 spiro atoms. The lowest BCUT2D eigenvalue weighted by molar-refractivity contribution is 0.0479. The van der Waals surface area contributed by atoms with Crippen LogP contribution >= 0.6 is 22.9 Å². The van der Waals surface area contributed by atoms with Gasteiger partial charge in [-0.3, -0.25) is 4.79 Å². The summed E-state index contributed by atoms with van der Waals surface area (Å²) in [7, 11) is 1.37. The van der Waals surface area contributed by atoms with E-state index in [2.05, 4.69) is 0 Å². The van der Waals surface area contributed by atoms with Crippen LogP contribution in [0, 0.1) is 5.82 Å². The summed E-state index contributed by atoms with van der Waals surface area (Å²) in [6.07, 6.45) is 0. The third-order valence-electron chi connectivity index (χ3n) is 3.52. The number of esters is 1. The minimum Gasteiger partial charge on any atom is -0.496 e. The standard InChI is InChI=1S/C18H12ClFO4S/c1-23-14-7-6-10(20)8-12(14)13(21)9-24-18(22)17-16(19)11-4-2-3-5-15(11)25-17/h2-8H,9H2,1H3. The number of Topliss-reactive ketones (excluding diaryl/α,β-unsaturated/α-hetero) is 1. The Balaban J connectivity index is 1.77. The van der Waals surface area contributed by atoms with Crippen molar-refractivity contribution in [3.8, 4) is 5.75 Å². The number of methoxy groups -OCH3 is 1. The lowest BCUT2D eigenvalue weighted by Crippen LogP contribution is -2.14. The SMILES string of the molecule is COc1ccc(F)cc1C(=O)COC(=O)c1sc2ccccc2c1Cl. The van der Waals surface area contributed by atoms with Crippen molar-refractivity contribution in [1.82, 2.24) is 0 Å². The van der Waals surface area contributed by atoms with Crippen LogP contribution in [-0.4, -0.2) is 25.5 Å². The highest BCUT2D eigenvalue weighted by Crippen LogP contribution is 2.35. The van der Waals surface area contributed by atoms with Gasteiger partial charge in [0.1, 0.15) is 16.4 Å². The lowest BCUT2D eigenvalue weighted by atomic mass is 10.1. The molecule has 3 rings (SSSR count). The number of hydrogen-bond acceptors (Lipinski definition) is 5. The first-order chi connectivity index (χ1) is 12.0. The molecule has 128 valence electrons. The molecule has 0 saturated heterocycles. The van der Waals surface area contributed by atoms with Crippen LogP contribution in [0.1, 0.15) is 20.0 Å². The molecule has 2 aromatic carbocycles. The molecule has 1 heterocycles. The Bertz CT molecular complexity index is 967. The summed E-state index contributed by atoms with van der Waals surface area (Å²) in [4.78, 5) is 24.7. The number of rotatable bonds is 5. The van der Waals surface area contributed by atoms with E-state index >= 15 is 0 Å². The second kappa shape index (κ2) is 7.21. The Labute approximate surface area is 151 Å². The molecule has 0 aliphatic carbocycles. The maximum absolute atomic E-state index is 13.3. The van der Waals surface area contributed by atoms with Gasteiger partial charge in [-0.15, -0.1) is 11.3 Å². The second-order valence-electron chi connectivity index (χ2n) is 5.09. The number of ketones is 1. The molecule has 25 heavy (non-hydrogen) atoms. The number of fused-ring (bicyclic) bond motifs is 1. The molecule has 3 aromatic rings. The van der Waals surface area contributed by atoms with Crippen LogP contribution in [0.2, 0.25) is 5.02 Å². The van der Waals surface area contributed by atoms with Gasteiger partial charge >= 0.3 is 5.97 Å². The average molecular weight is 379 g/mol. The fourth-order valence-corrected chi connectivity index (χ4v) is 3.72. The molecule has 0 N–H and O–H groups in total. The van der Waals surface area contributed by atoms with E-state index in [1.807, 2.05) is 18.2 Å². The second-order valence-corrected chi connectivity index (χ2v) is 6.52. The third kappa shape index (κ3) is 3.50. The highest BCUT2D eigenvalue weighted by atomic mass is 35.5. The zero-order chi connectivity index (χ0) is 18.0. The first kappa shape index (κ1) is 17.4. The van der Waals surface area contributed by atoms with Crippen molar-refractivity contribution in [2.45, 2.75) is 0 Å². The molecular weight excluding hydrogens is 367 g/mol. The van der Waals surface area contributed by atoms with Crippen molar-refractivity contribution in [2.75, 3.05) is 13.7 Å². The first-order valence-electron chi connectivity index (χ1n) is 7.22. The van der Waals surface area contributed by atoms with E-state index < -0.39 is 24.2 Å². The zero-order valence-electron chi connectivity index (χ0n) is 13.0. The number of thiophene rings is 1.